The minimum absolute atomic E-state index is 0.701. The normalized spacial score (nSPS) is 11.7. The maximum atomic E-state index is 6.34. The van der Waals surface area contributed by atoms with E-state index in [-0.39, 0.29) is 0 Å². The van der Waals surface area contributed by atoms with Gasteiger partial charge in [0.05, 0.1) is 11.1 Å². The van der Waals surface area contributed by atoms with Crippen LogP contribution in [-0.4, -0.2) is 4.98 Å². The summed E-state index contributed by atoms with van der Waals surface area (Å²) >= 11 is 0. The van der Waals surface area contributed by atoms with Gasteiger partial charge in [-0.3, -0.25) is 0 Å². The first-order valence-corrected chi connectivity index (χ1v) is 8.81. The molecule has 0 fully saturated rings. The molecular formula is C23H19N2O+. The highest BCUT2D eigenvalue weighted by atomic mass is 16.3. The van der Waals surface area contributed by atoms with Crippen molar-refractivity contribution in [1.82, 2.24) is 4.98 Å². The van der Waals surface area contributed by atoms with Gasteiger partial charge in [-0.2, -0.15) is 0 Å². The highest BCUT2D eigenvalue weighted by Gasteiger charge is 2.22. The lowest BCUT2D eigenvalue weighted by molar-refractivity contribution is -0.660. The number of aromatic nitrogens is 2. The molecule has 3 aromatic heterocycles. The molecule has 0 bridgehead atoms. The Morgan fingerprint density at radius 3 is 2.58 bits per heavy atom. The maximum absolute atomic E-state index is 6.34. The quantitative estimate of drug-likeness (QED) is 0.391. The van der Waals surface area contributed by atoms with Crippen LogP contribution in [0.5, 0.6) is 0 Å². The number of fused-ring (bicyclic) bond motifs is 4. The SMILES string of the molecule is Cc1cc(C)c2c(oc3nc4ccccc4cc32)c1-c1cccc[n+]1C. The Hall–Kier alpha value is -3.20. The molecule has 0 radical (unpaired) electrons. The van der Waals surface area contributed by atoms with Crippen LogP contribution >= 0.6 is 0 Å². The van der Waals surface area contributed by atoms with Crippen molar-refractivity contribution in [2.45, 2.75) is 13.8 Å². The van der Waals surface area contributed by atoms with Gasteiger partial charge in [0, 0.05) is 28.3 Å². The number of furan rings is 1. The second-order valence-corrected chi connectivity index (χ2v) is 6.92. The standard InChI is InChI=1S/C23H19N2O/c1-14-12-15(2)21(19-10-6-7-11-25(19)3)22-20(14)17-13-16-8-4-5-9-18(16)24-23(17)26-22/h4-13H,1-3H3/q+1. The number of aryl methyl sites for hydroxylation is 3. The predicted molar refractivity (Wildman–Crippen MR) is 105 cm³/mol. The Morgan fingerprint density at radius 2 is 1.73 bits per heavy atom. The van der Waals surface area contributed by atoms with Gasteiger partial charge >= 0.3 is 0 Å². The van der Waals surface area contributed by atoms with E-state index in [1.165, 1.54) is 11.1 Å². The molecule has 0 spiro atoms. The van der Waals surface area contributed by atoms with E-state index in [4.69, 9.17) is 9.40 Å². The molecule has 0 unspecified atom stereocenters. The highest BCUT2D eigenvalue weighted by molar-refractivity contribution is 6.12. The maximum Gasteiger partial charge on any atom is 0.227 e. The van der Waals surface area contributed by atoms with Crippen LogP contribution in [0, 0.1) is 13.8 Å². The molecule has 0 N–H and O–H groups in total. The third kappa shape index (κ3) is 2.07. The van der Waals surface area contributed by atoms with Gasteiger partial charge < -0.3 is 4.42 Å². The number of nitrogens with zero attached hydrogens (tertiary/aromatic N) is 2. The summed E-state index contributed by atoms with van der Waals surface area (Å²) in [4.78, 5) is 4.77. The van der Waals surface area contributed by atoms with Crippen LogP contribution in [0.1, 0.15) is 11.1 Å². The first kappa shape index (κ1) is 15.1. The average molecular weight is 339 g/mol. The monoisotopic (exact) mass is 339 g/mol. The van der Waals surface area contributed by atoms with Crippen LogP contribution in [0.2, 0.25) is 0 Å². The molecule has 5 rings (SSSR count). The molecule has 0 aliphatic heterocycles. The molecule has 3 heteroatoms. The smallest absolute Gasteiger partial charge is 0.227 e. The molecule has 5 aromatic rings. The summed E-state index contributed by atoms with van der Waals surface area (Å²) in [6.45, 7) is 4.29. The summed E-state index contributed by atoms with van der Waals surface area (Å²) in [5.74, 6) is 0. The van der Waals surface area contributed by atoms with Gasteiger partial charge in [-0.15, -0.1) is 0 Å². The Bertz CT molecular complexity index is 1310. The summed E-state index contributed by atoms with van der Waals surface area (Å²) in [7, 11) is 2.07. The van der Waals surface area contributed by atoms with Gasteiger partial charge in [0.25, 0.3) is 0 Å². The van der Waals surface area contributed by atoms with E-state index in [1.807, 2.05) is 24.3 Å². The van der Waals surface area contributed by atoms with E-state index in [9.17, 15) is 0 Å². The van der Waals surface area contributed by atoms with Gasteiger partial charge in [0.2, 0.25) is 11.4 Å². The van der Waals surface area contributed by atoms with Crippen LogP contribution in [0.15, 0.2) is 65.2 Å². The summed E-state index contributed by atoms with van der Waals surface area (Å²) in [6, 6.07) is 18.9. The molecule has 3 nitrogen and oxygen atoms in total. The number of hydrogen-bond donors (Lipinski definition) is 0. The second-order valence-electron chi connectivity index (χ2n) is 6.92. The van der Waals surface area contributed by atoms with Crippen molar-refractivity contribution in [1.29, 1.82) is 0 Å². The zero-order chi connectivity index (χ0) is 17.8. The lowest BCUT2D eigenvalue weighted by Crippen LogP contribution is -2.30. The fourth-order valence-corrected chi connectivity index (χ4v) is 3.94. The third-order valence-corrected chi connectivity index (χ3v) is 5.14. The van der Waals surface area contributed by atoms with Gasteiger partial charge in [-0.1, -0.05) is 24.3 Å². The second kappa shape index (κ2) is 5.40. The number of rotatable bonds is 1. The molecular weight excluding hydrogens is 320 g/mol. The molecule has 0 aliphatic rings. The highest BCUT2D eigenvalue weighted by Crippen LogP contribution is 2.39. The Labute approximate surface area is 151 Å². The zero-order valence-corrected chi connectivity index (χ0v) is 15.1. The number of para-hydroxylation sites is 1. The van der Waals surface area contributed by atoms with Crippen LogP contribution in [0.25, 0.3) is 44.2 Å². The predicted octanol–water partition coefficient (Wildman–Crippen LogP) is 5.24. The van der Waals surface area contributed by atoms with E-state index < -0.39 is 0 Å². The minimum Gasteiger partial charge on any atom is -0.437 e. The van der Waals surface area contributed by atoms with Gasteiger partial charge in [0.15, 0.2) is 11.8 Å². The van der Waals surface area contributed by atoms with Crippen molar-refractivity contribution in [3.63, 3.8) is 0 Å². The Balaban J connectivity index is 1.98. The molecule has 3 heterocycles. The van der Waals surface area contributed by atoms with Crippen molar-refractivity contribution < 1.29 is 8.98 Å². The van der Waals surface area contributed by atoms with Crippen LogP contribution in [0.3, 0.4) is 0 Å². The first-order chi connectivity index (χ1) is 12.6. The fraction of sp³-hybridized carbons (Fsp3) is 0.130. The van der Waals surface area contributed by atoms with Crippen molar-refractivity contribution in [2.24, 2.45) is 7.05 Å². The van der Waals surface area contributed by atoms with E-state index >= 15 is 0 Å². The number of pyridine rings is 2. The van der Waals surface area contributed by atoms with Crippen LogP contribution in [0.4, 0.5) is 0 Å². The third-order valence-electron chi connectivity index (χ3n) is 5.14. The summed E-state index contributed by atoms with van der Waals surface area (Å²) in [5.41, 5.74) is 7.28. The largest absolute Gasteiger partial charge is 0.437 e. The molecule has 0 saturated heterocycles. The van der Waals surface area contributed by atoms with E-state index in [0.717, 1.165) is 38.5 Å². The van der Waals surface area contributed by atoms with Crippen molar-refractivity contribution in [2.75, 3.05) is 0 Å². The lowest BCUT2D eigenvalue weighted by Gasteiger charge is -2.07. The van der Waals surface area contributed by atoms with E-state index in [0.29, 0.717) is 5.71 Å². The van der Waals surface area contributed by atoms with Gasteiger partial charge in [-0.25, -0.2) is 9.55 Å². The van der Waals surface area contributed by atoms with Crippen molar-refractivity contribution in [3.05, 3.63) is 71.9 Å². The van der Waals surface area contributed by atoms with Gasteiger partial charge in [-0.05, 0) is 43.2 Å². The topological polar surface area (TPSA) is 29.9 Å². The molecule has 0 saturated carbocycles. The average Bonchev–Trinajstić information content (AvgIpc) is 2.99. The molecule has 0 amide bonds. The number of hydrogen-bond acceptors (Lipinski definition) is 2. The molecule has 26 heavy (non-hydrogen) atoms. The molecule has 126 valence electrons. The summed E-state index contributed by atoms with van der Waals surface area (Å²) < 4.78 is 8.47. The van der Waals surface area contributed by atoms with E-state index in [1.54, 1.807) is 0 Å². The van der Waals surface area contributed by atoms with Crippen molar-refractivity contribution >= 4 is 33.0 Å². The van der Waals surface area contributed by atoms with E-state index in [2.05, 4.69) is 62.0 Å². The fourth-order valence-electron chi connectivity index (χ4n) is 3.94. The van der Waals surface area contributed by atoms with Crippen LogP contribution in [-0.2, 0) is 7.05 Å². The lowest BCUT2D eigenvalue weighted by atomic mass is 9.97. The Kier molecular flexibility index (Phi) is 3.13. The molecule has 2 aromatic carbocycles. The first-order valence-electron chi connectivity index (χ1n) is 8.81. The van der Waals surface area contributed by atoms with Crippen LogP contribution < -0.4 is 4.57 Å². The molecule has 0 aliphatic carbocycles. The molecule has 0 atom stereocenters. The van der Waals surface area contributed by atoms with Crippen molar-refractivity contribution in [3.8, 4) is 11.3 Å². The van der Waals surface area contributed by atoms with Gasteiger partial charge in [0.1, 0.15) is 7.05 Å². The summed E-state index contributed by atoms with van der Waals surface area (Å²) in [5, 5.41) is 3.37. The summed E-state index contributed by atoms with van der Waals surface area (Å²) in [6.07, 6.45) is 2.07. The zero-order valence-electron chi connectivity index (χ0n) is 15.1. The number of benzene rings is 2. The minimum atomic E-state index is 0.701. The Morgan fingerprint density at radius 1 is 0.923 bits per heavy atom.